The average molecular weight is 239 g/mol. The summed E-state index contributed by atoms with van der Waals surface area (Å²) in [6.07, 6.45) is 4.85. The summed E-state index contributed by atoms with van der Waals surface area (Å²) in [5.41, 5.74) is 0. The van der Waals surface area contributed by atoms with E-state index in [1.165, 1.54) is 20.3 Å². The summed E-state index contributed by atoms with van der Waals surface area (Å²) < 4.78 is 32.5. The summed E-state index contributed by atoms with van der Waals surface area (Å²) >= 11 is 0. The molecule has 6 heteroatoms. The van der Waals surface area contributed by atoms with E-state index in [4.69, 9.17) is 20.2 Å². The van der Waals surface area contributed by atoms with Crippen molar-refractivity contribution in [3.05, 3.63) is 24.0 Å². The summed E-state index contributed by atoms with van der Waals surface area (Å²) in [6.45, 7) is 0. The van der Waals surface area contributed by atoms with Crippen LogP contribution in [0.4, 0.5) is 0 Å². The second-order valence-corrected chi connectivity index (χ2v) is 5.60. The molecule has 1 aliphatic rings. The average Bonchev–Trinajstić information content (AvgIpc) is 2.16. The van der Waals surface area contributed by atoms with Gasteiger partial charge in [-0.2, -0.15) is 0 Å². The van der Waals surface area contributed by atoms with Crippen molar-refractivity contribution in [2.75, 3.05) is 14.2 Å². The van der Waals surface area contributed by atoms with E-state index in [9.17, 15) is 8.42 Å². The fraction of sp³-hybridized carbons (Fsp3) is 0.500. The van der Waals surface area contributed by atoms with Crippen LogP contribution in [0.25, 0.3) is 0 Å². The Hall–Kier alpha value is -0.520. The standard InChI is InChI=1S/C8H11ClO4S/c1-12-7-4-3-5-8(6-7,13-2)14(9,10)11/h3-4,6H,5H2,1-2H3. The minimum Gasteiger partial charge on any atom is -0.497 e. The van der Waals surface area contributed by atoms with Gasteiger partial charge in [-0.05, 0) is 6.08 Å². The van der Waals surface area contributed by atoms with Crippen LogP contribution in [-0.2, 0) is 18.5 Å². The first-order valence-corrected chi connectivity index (χ1v) is 6.19. The van der Waals surface area contributed by atoms with Gasteiger partial charge >= 0.3 is 0 Å². The largest absolute Gasteiger partial charge is 0.497 e. The van der Waals surface area contributed by atoms with Crippen LogP contribution < -0.4 is 0 Å². The normalized spacial score (nSPS) is 27.2. The van der Waals surface area contributed by atoms with Gasteiger partial charge in [-0.1, -0.05) is 6.08 Å². The van der Waals surface area contributed by atoms with Crippen molar-refractivity contribution in [2.24, 2.45) is 0 Å². The predicted molar refractivity (Wildman–Crippen MR) is 53.4 cm³/mol. The highest BCUT2D eigenvalue weighted by molar-refractivity contribution is 8.14. The Morgan fingerprint density at radius 2 is 2.14 bits per heavy atom. The molecule has 0 aromatic rings. The van der Waals surface area contributed by atoms with Gasteiger partial charge in [-0.15, -0.1) is 0 Å². The maximum Gasteiger partial charge on any atom is 0.266 e. The minimum atomic E-state index is -3.84. The van der Waals surface area contributed by atoms with Crippen LogP contribution >= 0.6 is 10.7 Å². The molecule has 14 heavy (non-hydrogen) atoms. The van der Waals surface area contributed by atoms with E-state index in [2.05, 4.69) is 0 Å². The lowest BCUT2D eigenvalue weighted by molar-refractivity contribution is 0.0998. The van der Waals surface area contributed by atoms with Crippen LogP contribution in [0.5, 0.6) is 0 Å². The number of rotatable bonds is 3. The van der Waals surface area contributed by atoms with E-state index < -0.39 is 14.0 Å². The maximum absolute atomic E-state index is 11.3. The summed E-state index contributed by atoms with van der Waals surface area (Å²) in [6, 6.07) is 0. The third-order valence-corrected chi connectivity index (χ3v) is 4.10. The Morgan fingerprint density at radius 1 is 1.50 bits per heavy atom. The summed E-state index contributed by atoms with van der Waals surface area (Å²) in [5, 5.41) is 0. The highest BCUT2D eigenvalue weighted by Crippen LogP contribution is 2.33. The molecule has 0 bridgehead atoms. The first-order valence-electron chi connectivity index (χ1n) is 3.88. The van der Waals surface area contributed by atoms with Crippen LogP contribution in [0.3, 0.4) is 0 Å². The lowest BCUT2D eigenvalue weighted by atomic mass is 10.1. The fourth-order valence-corrected chi connectivity index (χ4v) is 2.46. The third-order valence-electron chi connectivity index (χ3n) is 2.04. The predicted octanol–water partition coefficient (Wildman–Crippen LogP) is 1.39. The summed E-state index contributed by atoms with van der Waals surface area (Å²) in [7, 11) is 4.21. The molecule has 1 rings (SSSR count). The van der Waals surface area contributed by atoms with Crippen LogP contribution in [0.1, 0.15) is 6.42 Å². The van der Waals surface area contributed by atoms with Crippen molar-refractivity contribution < 1.29 is 17.9 Å². The van der Waals surface area contributed by atoms with Gasteiger partial charge < -0.3 is 9.47 Å². The Labute approximate surface area is 87.6 Å². The van der Waals surface area contributed by atoms with Crippen molar-refractivity contribution in [2.45, 2.75) is 11.4 Å². The molecular formula is C8H11ClO4S. The number of hydrogen-bond donors (Lipinski definition) is 0. The van der Waals surface area contributed by atoms with E-state index >= 15 is 0 Å². The van der Waals surface area contributed by atoms with Crippen molar-refractivity contribution in [1.82, 2.24) is 0 Å². The van der Waals surface area contributed by atoms with E-state index in [0.717, 1.165) is 0 Å². The van der Waals surface area contributed by atoms with Crippen molar-refractivity contribution in [3.63, 3.8) is 0 Å². The molecule has 0 saturated heterocycles. The van der Waals surface area contributed by atoms with Crippen LogP contribution in [0, 0.1) is 0 Å². The molecule has 1 atom stereocenters. The minimum absolute atomic E-state index is 0.183. The quantitative estimate of drug-likeness (QED) is 0.698. The molecule has 1 unspecified atom stereocenters. The van der Waals surface area contributed by atoms with Gasteiger partial charge in [0.15, 0.2) is 0 Å². The molecule has 80 valence electrons. The van der Waals surface area contributed by atoms with Gasteiger partial charge in [0, 0.05) is 30.3 Å². The number of allylic oxidation sites excluding steroid dienone is 1. The number of methoxy groups -OCH3 is 2. The molecule has 0 amide bonds. The molecule has 1 aliphatic carbocycles. The number of halogens is 1. The molecule has 0 heterocycles. The van der Waals surface area contributed by atoms with Crippen molar-refractivity contribution in [3.8, 4) is 0 Å². The molecule has 0 saturated carbocycles. The van der Waals surface area contributed by atoms with Gasteiger partial charge in [-0.3, -0.25) is 0 Å². The highest BCUT2D eigenvalue weighted by atomic mass is 35.7. The lowest BCUT2D eigenvalue weighted by Crippen LogP contribution is -2.36. The SMILES string of the molecule is COC1=CC(OC)(S(=O)(=O)Cl)CC=C1. The summed E-state index contributed by atoms with van der Waals surface area (Å²) in [5.74, 6) is 0.419. The Kier molecular flexibility index (Phi) is 3.24. The number of hydrogen-bond acceptors (Lipinski definition) is 4. The van der Waals surface area contributed by atoms with Gasteiger partial charge in [0.05, 0.1) is 7.11 Å². The van der Waals surface area contributed by atoms with Gasteiger partial charge in [0.2, 0.25) is 4.93 Å². The number of ether oxygens (including phenoxy) is 2. The van der Waals surface area contributed by atoms with E-state index in [-0.39, 0.29) is 6.42 Å². The zero-order valence-corrected chi connectivity index (χ0v) is 9.43. The Balaban J connectivity index is 3.17. The first-order chi connectivity index (χ1) is 6.45. The van der Waals surface area contributed by atoms with Gasteiger partial charge in [0.1, 0.15) is 5.76 Å². The molecule has 0 aromatic carbocycles. The molecule has 0 spiro atoms. The lowest BCUT2D eigenvalue weighted by Gasteiger charge is -2.27. The molecule has 0 aliphatic heterocycles. The highest BCUT2D eigenvalue weighted by Gasteiger charge is 2.42. The van der Waals surface area contributed by atoms with Gasteiger partial charge in [0.25, 0.3) is 9.05 Å². The monoisotopic (exact) mass is 238 g/mol. The smallest absolute Gasteiger partial charge is 0.266 e. The zero-order chi connectivity index (χ0) is 10.8. The van der Waals surface area contributed by atoms with Crippen molar-refractivity contribution in [1.29, 1.82) is 0 Å². The molecule has 0 aromatic heterocycles. The molecule has 0 radical (unpaired) electrons. The fourth-order valence-electron chi connectivity index (χ4n) is 1.20. The molecule has 0 N–H and O–H groups in total. The van der Waals surface area contributed by atoms with Gasteiger partial charge in [-0.25, -0.2) is 8.42 Å². The van der Waals surface area contributed by atoms with Crippen molar-refractivity contribution >= 4 is 19.7 Å². The van der Waals surface area contributed by atoms with Crippen LogP contribution in [0.15, 0.2) is 24.0 Å². The Bertz CT molecular complexity index is 371. The third kappa shape index (κ3) is 1.94. The second kappa shape index (κ2) is 3.92. The van der Waals surface area contributed by atoms with E-state index in [0.29, 0.717) is 5.76 Å². The van der Waals surface area contributed by atoms with E-state index in [1.807, 2.05) is 0 Å². The summed E-state index contributed by atoms with van der Waals surface area (Å²) in [4.78, 5) is -1.51. The van der Waals surface area contributed by atoms with Crippen LogP contribution in [0.2, 0.25) is 0 Å². The molecular weight excluding hydrogens is 228 g/mol. The maximum atomic E-state index is 11.3. The van der Waals surface area contributed by atoms with E-state index in [1.54, 1.807) is 12.2 Å². The zero-order valence-electron chi connectivity index (χ0n) is 7.86. The molecule has 0 fully saturated rings. The first kappa shape index (κ1) is 11.6. The molecule has 4 nitrogen and oxygen atoms in total. The topological polar surface area (TPSA) is 52.6 Å². The van der Waals surface area contributed by atoms with Crippen LogP contribution in [-0.4, -0.2) is 27.6 Å². The second-order valence-electron chi connectivity index (χ2n) is 2.81. The Morgan fingerprint density at radius 3 is 2.57 bits per heavy atom.